The molecule has 0 saturated heterocycles. The lowest BCUT2D eigenvalue weighted by Crippen LogP contribution is -2.51. The summed E-state index contributed by atoms with van der Waals surface area (Å²) < 4.78 is 4.87. The molecule has 0 radical (unpaired) electrons. The predicted molar refractivity (Wildman–Crippen MR) is 106 cm³/mol. The van der Waals surface area contributed by atoms with Gasteiger partial charge in [0, 0.05) is 23.7 Å². The van der Waals surface area contributed by atoms with E-state index in [0.717, 1.165) is 17.0 Å². The van der Waals surface area contributed by atoms with Crippen LogP contribution in [0.25, 0.3) is 0 Å². The summed E-state index contributed by atoms with van der Waals surface area (Å²) >= 11 is 6.03. The molecule has 2 aromatic rings. The largest absolute Gasteiger partial charge is 0.467 e. The van der Waals surface area contributed by atoms with Crippen LogP contribution in [-0.2, 0) is 16.0 Å². The van der Waals surface area contributed by atoms with Gasteiger partial charge in [-0.15, -0.1) is 0 Å². The molecule has 2 amide bonds. The number of esters is 1. The van der Waals surface area contributed by atoms with Crippen molar-refractivity contribution in [2.45, 2.75) is 38.8 Å². The molecule has 0 bridgehead atoms. The van der Waals surface area contributed by atoms with Crippen molar-refractivity contribution in [2.24, 2.45) is 5.92 Å². The summed E-state index contributed by atoms with van der Waals surface area (Å²) in [7, 11) is 1.33. The number of fused-ring (bicyclic) bond motifs is 1. The average Bonchev–Trinajstić information content (AvgIpc) is 3.15. The zero-order chi connectivity index (χ0) is 20.3. The van der Waals surface area contributed by atoms with Crippen LogP contribution < -0.4 is 5.32 Å². The first-order valence-corrected chi connectivity index (χ1v) is 9.71. The third-order valence-electron chi connectivity index (χ3n) is 4.86. The number of carbonyl (C=O) groups excluding carboxylic acids is 2. The Bertz CT molecular complexity index is 834. The molecular weight excluding hydrogens is 380 g/mol. The van der Waals surface area contributed by atoms with Crippen LogP contribution >= 0.6 is 11.6 Å². The van der Waals surface area contributed by atoms with E-state index in [9.17, 15) is 9.59 Å². The molecule has 1 aromatic carbocycles. The average molecular weight is 405 g/mol. The van der Waals surface area contributed by atoms with Gasteiger partial charge in [0.1, 0.15) is 12.1 Å². The number of imidazole rings is 1. The second kappa shape index (κ2) is 8.65. The van der Waals surface area contributed by atoms with Gasteiger partial charge in [0.05, 0.1) is 19.1 Å². The van der Waals surface area contributed by atoms with E-state index < -0.39 is 12.0 Å². The van der Waals surface area contributed by atoms with Gasteiger partial charge in [-0.25, -0.2) is 14.6 Å². The molecule has 2 atom stereocenters. The smallest absolute Gasteiger partial charge is 0.328 e. The number of rotatable bonds is 5. The van der Waals surface area contributed by atoms with Crippen LogP contribution in [0.15, 0.2) is 30.6 Å². The van der Waals surface area contributed by atoms with Gasteiger partial charge in [-0.2, -0.15) is 0 Å². The fraction of sp³-hybridized carbons (Fsp3) is 0.450. The minimum absolute atomic E-state index is 0.232. The number of hydrogen-bond acceptors (Lipinski definition) is 4. The maximum atomic E-state index is 13.1. The third-order valence-corrected chi connectivity index (χ3v) is 5.11. The Labute approximate surface area is 169 Å². The Morgan fingerprint density at radius 1 is 1.36 bits per heavy atom. The molecule has 3 rings (SSSR count). The molecule has 7 nitrogen and oxygen atoms in total. The summed E-state index contributed by atoms with van der Waals surface area (Å²) in [6.07, 6.45) is 2.82. The lowest BCUT2D eigenvalue weighted by atomic mass is 9.96. The Morgan fingerprint density at radius 2 is 2.07 bits per heavy atom. The molecular formula is C20H25ClN4O3. The van der Waals surface area contributed by atoms with Crippen molar-refractivity contribution in [2.75, 3.05) is 13.7 Å². The van der Waals surface area contributed by atoms with E-state index in [1.54, 1.807) is 23.4 Å². The number of nitrogens with zero attached hydrogens (tertiary/aromatic N) is 2. The molecule has 8 heteroatoms. The highest BCUT2D eigenvalue weighted by atomic mass is 35.5. The van der Waals surface area contributed by atoms with Gasteiger partial charge in [-0.1, -0.05) is 37.6 Å². The minimum Gasteiger partial charge on any atom is -0.467 e. The SMILES string of the molecule is COC(=O)[C@@H](CC(C)C)NC(=O)N1CCc2[nH]cnc2[C@H]1c1ccc(Cl)cc1. The summed E-state index contributed by atoms with van der Waals surface area (Å²) in [5.74, 6) is -0.210. The Balaban J connectivity index is 1.89. The van der Waals surface area contributed by atoms with Crippen LogP contribution in [0.5, 0.6) is 0 Å². The monoisotopic (exact) mass is 404 g/mol. The van der Waals surface area contributed by atoms with E-state index in [-0.39, 0.29) is 18.0 Å². The number of methoxy groups -OCH3 is 1. The van der Waals surface area contributed by atoms with E-state index in [2.05, 4.69) is 15.3 Å². The number of ether oxygens (including phenoxy) is 1. The topological polar surface area (TPSA) is 87.3 Å². The van der Waals surface area contributed by atoms with Crippen LogP contribution in [0.1, 0.15) is 43.3 Å². The second-order valence-electron chi connectivity index (χ2n) is 7.32. The van der Waals surface area contributed by atoms with Crippen LogP contribution in [0.2, 0.25) is 5.02 Å². The number of benzene rings is 1. The van der Waals surface area contributed by atoms with Crippen LogP contribution in [0, 0.1) is 5.92 Å². The number of carbonyl (C=O) groups is 2. The summed E-state index contributed by atoms with van der Waals surface area (Å²) in [4.78, 5) is 34.6. The highest BCUT2D eigenvalue weighted by Crippen LogP contribution is 2.34. The van der Waals surface area contributed by atoms with Crippen LogP contribution in [0.4, 0.5) is 4.79 Å². The number of aromatic amines is 1. The zero-order valence-corrected chi connectivity index (χ0v) is 17.0. The van der Waals surface area contributed by atoms with Crippen molar-refractivity contribution in [3.8, 4) is 0 Å². The van der Waals surface area contributed by atoms with Gasteiger partial charge < -0.3 is 19.9 Å². The van der Waals surface area contributed by atoms with Gasteiger partial charge in [0.25, 0.3) is 0 Å². The van der Waals surface area contributed by atoms with Gasteiger partial charge in [0.2, 0.25) is 0 Å². The molecule has 0 aliphatic carbocycles. The Morgan fingerprint density at radius 3 is 2.71 bits per heavy atom. The second-order valence-corrected chi connectivity index (χ2v) is 7.76. The summed E-state index contributed by atoms with van der Waals surface area (Å²) in [6, 6.07) is 6.01. The molecule has 0 saturated carbocycles. The zero-order valence-electron chi connectivity index (χ0n) is 16.2. The van der Waals surface area contributed by atoms with E-state index in [4.69, 9.17) is 16.3 Å². The van der Waals surface area contributed by atoms with Crippen molar-refractivity contribution in [1.82, 2.24) is 20.2 Å². The standard InChI is InChI=1S/C20H25ClN4O3/c1-12(2)10-16(19(26)28-3)24-20(27)25-9-8-15-17(23-11-22-15)18(25)13-4-6-14(21)7-5-13/h4-7,11-12,16,18H,8-10H2,1-3H3,(H,22,23)(H,24,27)/t16-,18-/m1/s1. The van der Waals surface area contributed by atoms with Gasteiger partial charge in [-0.3, -0.25) is 0 Å². The molecule has 1 aliphatic heterocycles. The Kier molecular flexibility index (Phi) is 6.24. The number of hydrogen-bond donors (Lipinski definition) is 2. The number of H-pyrrole nitrogens is 1. The first-order valence-electron chi connectivity index (χ1n) is 9.33. The lowest BCUT2D eigenvalue weighted by Gasteiger charge is -2.36. The third kappa shape index (κ3) is 4.30. The number of urea groups is 1. The summed E-state index contributed by atoms with van der Waals surface area (Å²) in [6.45, 7) is 4.49. The molecule has 0 spiro atoms. The van der Waals surface area contributed by atoms with Crippen molar-refractivity contribution in [3.63, 3.8) is 0 Å². The predicted octanol–water partition coefficient (Wildman–Crippen LogP) is 3.31. The first kappa shape index (κ1) is 20.2. The lowest BCUT2D eigenvalue weighted by molar-refractivity contribution is -0.143. The van der Waals surface area contributed by atoms with Crippen molar-refractivity contribution >= 4 is 23.6 Å². The number of halogens is 1. The molecule has 28 heavy (non-hydrogen) atoms. The van der Waals surface area contributed by atoms with E-state index in [1.807, 2.05) is 26.0 Å². The summed E-state index contributed by atoms with van der Waals surface area (Å²) in [5.41, 5.74) is 2.73. The molecule has 2 N–H and O–H groups in total. The van der Waals surface area contributed by atoms with Crippen molar-refractivity contribution in [3.05, 3.63) is 52.6 Å². The molecule has 1 aliphatic rings. The fourth-order valence-electron chi connectivity index (χ4n) is 3.54. The molecule has 2 heterocycles. The number of aromatic nitrogens is 2. The van der Waals surface area contributed by atoms with E-state index in [0.29, 0.717) is 24.4 Å². The molecule has 150 valence electrons. The Hall–Kier alpha value is -2.54. The van der Waals surface area contributed by atoms with Crippen molar-refractivity contribution < 1.29 is 14.3 Å². The maximum absolute atomic E-state index is 13.1. The maximum Gasteiger partial charge on any atom is 0.328 e. The van der Waals surface area contributed by atoms with Crippen molar-refractivity contribution in [1.29, 1.82) is 0 Å². The summed E-state index contributed by atoms with van der Waals surface area (Å²) in [5, 5.41) is 3.48. The highest BCUT2D eigenvalue weighted by molar-refractivity contribution is 6.30. The number of nitrogens with one attached hydrogen (secondary N) is 2. The molecule has 1 aromatic heterocycles. The van der Waals surface area contributed by atoms with E-state index >= 15 is 0 Å². The van der Waals surface area contributed by atoms with Gasteiger partial charge in [0.15, 0.2) is 0 Å². The molecule has 0 fully saturated rings. The van der Waals surface area contributed by atoms with Crippen LogP contribution in [0.3, 0.4) is 0 Å². The molecule has 0 unspecified atom stereocenters. The van der Waals surface area contributed by atoms with E-state index in [1.165, 1.54) is 7.11 Å². The quantitative estimate of drug-likeness (QED) is 0.748. The normalized spacial score (nSPS) is 17.2. The van der Waals surface area contributed by atoms with Gasteiger partial charge >= 0.3 is 12.0 Å². The minimum atomic E-state index is -0.691. The van der Waals surface area contributed by atoms with Gasteiger partial charge in [-0.05, 0) is 30.0 Å². The fourth-order valence-corrected chi connectivity index (χ4v) is 3.66. The highest BCUT2D eigenvalue weighted by Gasteiger charge is 2.35. The first-order chi connectivity index (χ1) is 13.4. The number of amides is 2. The van der Waals surface area contributed by atoms with Crippen LogP contribution in [-0.4, -0.2) is 46.6 Å².